The van der Waals surface area contributed by atoms with E-state index in [0.717, 1.165) is 53.1 Å². The number of aryl methyl sites for hydroxylation is 1. The Labute approximate surface area is 180 Å². The van der Waals surface area contributed by atoms with Crippen LogP contribution in [0.1, 0.15) is 36.8 Å². The van der Waals surface area contributed by atoms with E-state index < -0.39 is 0 Å². The summed E-state index contributed by atoms with van der Waals surface area (Å²) in [7, 11) is 0. The Morgan fingerprint density at radius 1 is 1.38 bits per heavy atom. The molecule has 0 saturated heterocycles. The van der Waals surface area contributed by atoms with Crippen molar-refractivity contribution in [3.63, 3.8) is 0 Å². The Balaban J connectivity index is 1.55. The van der Waals surface area contributed by atoms with Crippen LogP contribution in [-0.4, -0.2) is 37.0 Å². The Morgan fingerprint density at radius 2 is 2.24 bits per heavy atom. The maximum absolute atomic E-state index is 6.25. The number of hydrogen-bond donors (Lipinski definition) is 1. The zero-order valence-electron chi connectivity index (χ0n) is 17.7. The molecule has 2 N–H and O–H groups in total. The topological polar surface area (TPSA) is 41.6 Å². The average molecular weight is 410 g/mol. The molecule has 3 rings (SSSR count). The smallest absolute Gasteiger partial charge is 0.0778 e. The first-order valence-corrected chi connectivity index (χ1v) is 11.8. The molecule has 29 heavy (non-hydrogen) atoms. The van der Waals surface area contributed by atoms with Crippen molar-refractivity contribution in [3.8, 4) is 0 Å². The maximum Gasteiger partial charge on any atom is 0.0778 e. The van der Waals surface area contributed by atoms with Crippen LogP contribution >= 0.6 is 11.8 Å². The Morgan fingerprint density at radius 3 is 3.00 bits per heavy atom. The highest BCUT2D eigenvalue weighted by molar-refractivity contribution is 8.02. The molecule has 0 amide bonds. The maximum atomic E-state index is 6.25. The predicted molar refractivity (Wildman–Crippen MR) is 130 cm³/mol. The number of aliphatic imine (C=N–C) groups is 1. The van der Waals surface area contributed by atoms with Gasteiger partial charge in [0.1, 0.15) is 0 Å². The highest BCUT2D eigenvalue weighted by Gasteiger charge is 2.25. The fraction of sp³-hybridized carbons (Fsp3) is 0.480. The molecule has 1 heterocycles. The number of benzene rings is 1. The van der Waals surface area contributed by atoms with Crippen LogP contribution in [0.3, 0.4) is 0 Å². The van der Waals surface area contributed by atoms with Gasteiger partial charge in [0.15, 0.2) is 0 Å². The zero-order valence-corrected chi connectivity index (χ0v) is 18.5. The molecular weight excluding hydrogens is 374 g/mol. The van der Waals surface area contributed by atoms with E-state index in [1.807, 2.05) is 36.9 Å². The number of thioether (sulfide) groups is 1. The van der Waals surface area contributed by atoms with Crippen molar-refractivity contribution in [2.24, 2.45) is 22.7 Å². The molecule has 1 aliphatic carbocycles. The van der Waals surface area contributed by atoms with Crippen LogP contribution in [0.4, 0.5) is 5.69 Å². The minimum Gasteiger partial charge on any atom is -0.398 e. The van der Waals surface area contributed by atoms with Gasteiger partial charge in [-0.2, -0.15) is 0 Å². The van der Waals surface area contributed by atoms with Gasteiger partial charge < -0.3 is 10.6 Å². The summed E-state index contributed by atoms with van der Waals surface area (Å²) in [6, 6.07) is 6.07. The molecule has 3 unspecified atom stereocenters. The van der Waals surface area contributed by atoms with Gasteiger partial charge in [-0.05, 0) is 68.0 Å². The summed E-state index contributed by atoms with van der Waals surface area (Å²) in [4.78, 5) is 6.91. The Hall–Kier alpha value is -1.78. The van der Waals surface area contributed by atoms with Crippen molar-refractivity contribution in [1.82, 2.24) is 4.90 Å². The standard InChI is InChI=1S/C25H35N3S/c1-4-20-11-12-21(14-20)15-28-13-6-5-9-22(16-28)17-29-18-24(27-3)23-10-7-8-19(2)25(23)26/h4-5,7-10,18,20-22H,1,3,6,11-17,26H2,2H3/b24-18-. The van der Waals surface area contributed by atoms with Crippen molar-refractivity contribution in [2.45, 2.75) is 32.6 Å². The number of allylic oxidation sites excluding steroid dienone is 1. The molecule has 1 aromatic rings. The van der Waals surface area contributed by atoms with Gasteiger partial charge in [-0.25, -0.2) is 0 Å². The van der Waals surface area contributed by atoms with Crippen molar-refractivity contribution in [1.29, 1.82) is 0 Å². The van der Waals surface area contributed by atoms with Crippen LogP contribution in [0, 0.1) is 24.7 Å². The number of nitrogen functional groups attached to an aromatic ring is 1. The second kappa shape index (κ2) is 10.8. The summed E-state index contributed by atoms with van der Waals surface area (Å²) in [5.74, 6) is 3.19. The molecule has 0 aromatic heterocycles. The number of para-hydroxylation sites is 1. The second-order valence-corrected chi connectivity index (χ2v) is 9.34. The first-order valence-electron chi connectivity index (χ1n) is 10.8. The van der Waals surface area contributed by atoms with Gasteiger partial charge in [-0.3, -0.25) is 4.99 Å². The van der Waals surface area contributed by atoms with Crippen LogP contribution in [0.5, 0.6) is 0 Å². The minimum atomic E-state index is 0.566. The van der Waals surface area contributed by atoms with Gasteiger partial charge >= 0.3 is 0 Å². The fourth-order valence-electron chi connectivity index (χ4n) is 4.50. The van der Waals surface area contributed by atoms with E-state index in [4.69, 9.17) is 5.73 Å². The highest BCUT2D eigenvalue weighted by atomic mass is 32.2. The lowest BCUT2D eigenvalue weighted by Gasteiger charge is -2.26. The van der Waals surface area contributed by atoms with Crippen molar-refractivity contribution >= 4 is 29.9 Å². The van der Waals surface area contributed by atoms with Crippen LogP contribution < -0.4 is 5.73 Å². The van der Waals surface area contributed by atoms with E-state index in [1.54, 1.807) is 0 Å². The van der Waals surface area contributed by atoms with E-state index in [-0.39, 0.29) is 0 Å². The fourth-order valence-corrected chi connectivity index (χ4v) is 5.42. The molecule has 156 valence electrons. The van der Waals surface area contributed by atoms with Gasteiger partial charge in [0.2, 0.25) is 0 Å². The molecule has 3 atom stereocenters. The van der Waals surface area contributed by atoms with Gasteiger partial charge in [-0.15, -0.1) is 18.3 Å². The average Bonchev–Trinajstić information content (AvgIpc) is 3.06. The van der Waals surface area contributed by atoms with E-state index in [9.17, 15) is 0 Å². The monoisotopic (exact) mass is 409 g/mol. The SMILES string of the molecule is C=CC1CCC(CN2CCC=CC(CS/C=C(\N=C)c3cccc(C)c3N)C2)C1. The third kappa shape index (κ3) is 6.10. The molecule has 1 fully saturated rings. The predicted octanol–water partition coefficient (Wildman–Crippen LogP) is 5.79. The quantitative estimate of drug-likeness (QED) is 0.336. The molecule has 0 radical (unpaired) electrons. The molecule has 1 aliphatic heterocycles. The largest absolute Gasteiger partial charge is 0.398 e. The summed E-state index contributed by atoms with van der Waals surface area (Å²) in [6.07, 6.45) is 12.1. The Kier molecular flexibility index (Phi) is 8.19. The molecule has 4 heteroatoms. The number of nitrogens with zero attached hydrogens (tertiary/aromatic N) is 2. The van der Waals surface area contributed by atoms with Crippen LogP contribution in [-0.2, 0) is 0 Å². The van der Waals surface area contributed by atoms with E-state index in [0.29, 0.717) is 5.92 Å². The van der Waals surface area contributed by atoms with Gasteiger partial charge in [0, 0.05) is 36.6 Å². The van der Waals surface area contributed by atoms with E-state index >= 15 is 0 Å². The summed E-state index contributed by atoms with van der Waals surface area (Å²) in [5.41, 5.74) is 9.96. The molecule has 2 aliphatic rings. The van der Waals surface area contributed by atoms with E-state index in [2.05, 4.69) is 46.8 Å². The lowest BCUT2D eigenvalue weighted by molar-refractivity contribution is 0.224. The summed E-state index contributed by atoms with van der Waals surface area (Å²) in [5, 5.41) is 2.12. The summed E-state index contributed by atoms with van der Waals surface area (Å²) in [6.45, 7) is 13.3. The minimum absolute atomic E-state index is 0.566. The first-order chi connectivity index (χ1) is 14.1. The molecule has 1 aromatic carbocycles. The number of hydrogen-bond acceptors (Lipinski definition) is 4. The van der Waals surface area contributed by atoms with Crippen LogP contribution in [0.25, 0.3) is 5.70 Å². The number of nitrogens with two attached hydrogens (primary N) is 1. The normalized spacial score (nSPS) is 25.7. The third-order valence-electron chi connectivity index (χ3n) is 6.22. The van der Waals surface area contributed by atoms with Crippen molar-refractivity contribution in [2.75, 3.05) is 31.1 Å². The molecule has 3 nitrogen and oxygen atoms in total. The van der Waals surface area contributed by atoms with Crippen molar-refractivity contribution < 1.29 is 0 Å². The second-order valence-electron chi connectivity index (χ2n) is 8.44. The van der Waals surface area contributed by atoms with Gasteiger partial charge in [-0.1, -0.05) is 36.4 Å². The number of rotatable bonds is 8. The first kappa shape index (κ1) is 21.9. The van der Waals surface area contributed by atoms with Gasteiger partial charge in [0.05, 0.1) is 5.70 Å². The number of anilines is 1. The molecule has 0 bridgehead atoms. The Bertz CT molecular complexity index is 767. The van der Waals surface area contributed by atoms with Crippen LogP contribution in [0.2, 0.25) is 0 Å². The molecule has 0 spiro atoms. The summed E-state index contributed by atoms with van der Waals surface area (Å²) < 4.78 is 0. The summed E-state index contributed by atoms with van der Waals surface area (Å²) >= 11 is 1.82. The molecule has 1 saturated carbocycles. The molecular formula is C25H35N3S. The van der Waals surface area contributed by atoms with Gasteiger partial charge in [0.25, 0.3) is 0 Å². The zero-order chi connectivity index (χ0) is 20.6. The highest BCUT2D eigenvalue weighted by Crippen LogP contribution is 2.33. The third-order valence-corrected chi connectivity index (χ3v) is 7.23. The lowest BCUT2D eigenvalue weighted by Crippen LogP contribution is -2.33. The lowest BCUT2D eigenvalue weighted by atomic mass is 10.0. The van der Waals surface area contributed by atoms with E-state index in [1.165, 1.54) is 32.4 Å². The van der Waals surface area contributed by atoms with Crippen LogP contribution in [0.15, 0.2) is 53.4 Å². The van der Waals surface area contributed by atoms with Crippen molar-refractivity contribution in [3.05, 3.63) is 59.5 Å².